The molecule has 142 valence electrons. The monoisotopic (exact) mass is 386 g/mol. The Bertz CT molecular complexity index is 1040. The zero-order valence-corrected chi connectivity index (χ0v) is 16.6. The Kier molecular flexibility index (Phi) is 5.81. The molecule has 3 aromatic rings. The van der Waals surface area contributed by atoms with Crippen molar-refractivity contribution in [3.05, 3.63) is 46.8 Å². The third-order valence-corrected chi connectivity index (χ3v) is 5.24. The highest BCUT2D eigenvalue weighted by molar-refractivity contribution is 7.16. The van der Waals surface area contributed by atoms with Gasteiger partial charge in [-0.1, -0.05) is 23.5 Å². The van der Waals surface area contributed by atoms with Gasteiger partial charge in [-0.3, -0.25) is 4.79 Å². The van der Waals surface area contributed by atoms with Crippen LogP contribution in [0, 0.1) is 0 Å². The highest BCUT2D eigenvalue weighted by Crippen LogP contribution is 2.27. The number of carbonyl (C=O) groups is 1. The average molecular weight is 386 g/mol. The zero-order valence-electron chi connectivity index (χ0n) is 15.8. The average Bonchev–Trinajstić information content (AvgIpc) is 2.98. The summed E-state index contributed by atoms with van der Waals surface area (Å²) in [6.07, 6.45) is 0.153. The predicted molar refractivity (Wildman–Crippen MR) is 106 cm³/mol. The van der Waals surface area contributed by atoms with Crippen LogP contribution in [-0.2, 0) is 18.3 Å². The summed E-state index contributed by atoms with van der Waals surface area (Å²) < 4.78 is 19.2. The molecule has 27 heavy (non-hydrogen) atoms. The molecule has 0 atom stereocenters. The van der Waals surface area contributed by atoms with Crippen LogP contribution >= 0.6 is 11.3 Å². The first-order chi connectivity index (χ1) is 13.1. The largest absolute Gasteiger partial charge is 0.497 e. The Morgan fingerprint density at radius 1 is 1.15 bits per heavy atom. The van der Waals surface area contributed by atoms with Crippen LogP contribution in [0.15, 0.2) is 41.4 Å². The van der Waals surface area contributed by atoms with Gasteiger partial charge in [0.15, 0.2) is 4.80 Å². The van der Waals surface area contributed by atoms with Crippen LogP contribution in [0.5, 0.6) is 17.2 Å². The van der Waals surface area contributed by atoms with Crippen LogP contribution in [0.25, 0.3) is 10.2 Å². The minimum absolute atomic E-state index is 0.153. The number of amides is 1. The molecule has 0 bridgehead atoms. The summed E-state index contributed by atoms with van der Waals surface area (Å²) in [6.45, 7) is 2.53. The lowest BCUT2D eigenvalue weighted by molar-refractivity contribution is -0.117. The van der Waals surface area contributed by atoms with Crippen molar-refractivity contribution in [2.45, 2.75) is 13.3 Å². The van der Waals surface area contributed by atoms with Crippen molar-refractivity contribution in [3.63, 3.8) is 0 Å². The minimum Gasteiger partial charge on any atom is -0.497 e. The Balaban J connectivity index is 1.94. The normalized spacial score (nSPS) is 11.6. The number of carbonyl (C=O) groups excluding carboxylic acids is 1. The fourth-order valence-corrected chi connectivity index (χ4v) is 3.91. The molecule has 1 amide bonds. The zero-order chi connectivity index (χ0) is 19.4. The van der Waals surface area contributed by atoms with Crippen molar-refractivity contribution in [2.24, 2.45) is 12.0 Å². The molecule has 0 N–H and O–H groups in total. The highest BCUT2D eigenvalue weighted by Gasteiger charge is 2.12. The maximum atomic E-state index is 12.6. The molecule has 1 aromatic heterocycles. The van der Waals surface area contributed by atoms with Crippen molar-refractivity contribution in [2.75, 3.05) is 20.8 Å². The fourth-order valence-electron chi connectivity index (χ4n) is 2.85. The molecule has 0 saturated heterocycles. The third kappa shape index (κ3) is 3.98. The second-order valence-electron chi connectivity index (χ2n) is 5.84. The summed E-state index contributed by atoms with van der Waals surface area (Å²) in [5.74, 6) is 1.84. The van der Waals surface area contributed by atoms with Crippen molar-refractivity contribution in [1.82, 2.24) is 4.57 Å². The molecule has 0 fully saturated rings. The topological polar surface area (TPSA) is 62.1 Å². The van der Waals surface area contributed by atoms with Crippen LogP contribution in [0.3, 0.4) is 0 Å². The smallest absolute Gasteiger partial charge is 0.252 e. The second kappa shape index (κ2) is 8.26. The number of thiazole rings is 1. The van der Waals surface area contributed by atoms with E-state index in [1.54, 1.807) is 26.4 Å². The molecular formula is C20H22N2O4S. The summed E-state index contributed by atoms with van der Waals surface area (Å²) in [4.78, 5) is 17.5. The molecule has 0 radical (unpaired) electrons. The molecule has 0 spiro atoms. The summed E-state index contributed by atoms with van der Waals surface area (Å²) in [5, 5.41) is 0. The molecule has 2 aromatic carbocycles. The van der Waals surface area contributed by atoms with Gasteiger partial charge < -0.3 is 18.8 Å². The fraction of sp³-hybridized carbons (Fsp3) is 0.300. The van der Waals surface area contributed by atoms with Crippen molar-refractivity contribution in [3.8, 4) is 17.2 Å². The number of hydrogen-bond donors (Lipinski definition) is 0. The maximum Gasteiger partial charge on any atom is 0.252 e. The van der Waals surface area contributed by atoms with Gasteiger partial charge in [-0.15, -0.1) is 0 Å². The van der Waals surface area contributed by atoms with Gasteiger partial charge in [-0.25, -0.2) is 0 Å². The number of aromatic nitrogens is 1. The van der Waals surface area contributed by atoms with E-state index in [-0.39, 0.29) is 12.3 Å². The summed E-state index contributed by atoms with van der Waals surface area (Å²) >= 11 is 1.46. The van der Waals surface area contributed by atoms with E-state index in [1.807, 2.05) is 42.8 Å². The molecule has 0 aliphatic heterocycles. The van der Waals surface area contributed by atoms with E-state index in [9.17, 15) is 4.79 Å². The molecule has 6 nitrogen and oxygen atoms in total. The number of aryl methyl sites for hydroxylation is 1. The SMILES string of the molecule is CCOc1cccc2sc(=NC(=O)Cc3ccc(OC)cc3OC)n(C)c12. The van der Waals surface area contributed by atoms with Crippen LogP contribution in [0.4, 0.5) is 0 Å². The van der Waals surface area contributed by atoms with Gasteiger partial charge >= 0.3 is 0 Å². The lowest BCUT2D eigenvalue weighted by Gasteiger charge is -2.08. The lowest BCUT2D eigenvalue weighted by Crippen LogP contribution is -2.14. The van der Waals surface area contributed by atoms with Crippen LogP contribution in [-0.4, -0.2) is 31.3 Å². The number of fused-ring (bicyclic) bond motifs is 1. The first-order valence-electron chi connectivity index (χ1n) is 8.57. The Hall–Kier alpha value is -2.80. The van der Waals surface area contributed by atoms with Gasteiger partial charge in [0.1, 0.15) is 22.8 Å². The maximum absolute atomic E-state index is 12.6. The lowest BCUT2D eigenvalue weighted by atomic mass is 10.1. The van der Waals surface area contributed by atoms with Crippen molar-refractivity contribution >= 4 is 27.5 Å². The summed E-state index contributed by atoms with van der Waals surface area (Å²) in [6, 6.07) is 11.3. The van der Waals surface area contributed by atoms with Gasteiger partial charge in [0, 0.05) is 18.7 Å². The summed E-state index contributed by atoms with van der Waals surface area (Å²) in [7, 11) is 5.05. The quantitative estimate of drug-likeness (QED) is 0.652. The Morgan fingerprint density at radius 2 is 1.96 bits per heavy atom. The van der Waals surface area contributed by atoms with Crippen LogP contribution in [0.2, 0.25) is 0 Å². The molecule has 0 aliphatic rings. The predicted octanol–water partition coefficient (Wildman–Crippen LogP) is 3.33. The van der Waals surface area contributed by atoms with Crippen LogP contribution in [0.1, 0.15) is 12.5 Å². The molecule has 0 saturated carbocycles. The third-order valence-electron chi connectivity index (χ3n) is 4.14. The highest BCUT2D eigenvalue weighted by atomic mass is 32.1. The standard InChI is InChI=1S/C20H22N2O4S/c1-5-26-15-7-6-8-17-19(15)22(2)20(27-17)21-18(23)11-13-9-10-14(24-3)12-16(13)25-4/h6-10,12H,5,11H2,1-4H3. The van der Waals surface area contributed by atoms with E-state index in [2.05, 4.69) is 4.99 Å². The molecule has 7 heteroatoms. The van der Waals surface area contributed by atoms with E-state index in [1.165, 1.54) is 11.3 Å². The number of rotatable bonds is 6. The van der Waals surface area contributed by atoms with E-state index < -0.39 is 0 Å². The first kappa shape index (κ1) is 19.0. The van der Waals surface area contributed by atoms with E-state index in [4.69, 9.17) is 14.2 Å². The van der Waals surface area contributed by atoms with E-state index in [0.717, 1.165) is 21.5 Å². The number of nitrogens with zero attached hydrogens (tertiary/aromatic N) is 2. The first-order valence-corrected chi connectivity index (χ1v) is 9.38. The van der Waals surface area contributed by atoms with Gasteiger partial charge in [-0.2, -0.15) is 4.99 Å². The molecular weight excluding hydrogens is 364 g/mol. The van der Waals surface area contributed by atoms with E-state index in [0.29, 0.717) is 22.9 Å². The molecule has 0 aliphatic carbocycles. The van der Waals surface area contributed by atoms with Gasteiger partial charge in [0.05, 0.1) is 31.9 Å². The van der Waals surface area contributed by atoms with Gasteiger partial charge in [-0.05, 0) is 25.1 Å². The number of methoxy groups -OCH3 is 2. The minimum atomic E-state index is -0.237. The van der Waals surface area contributed by atoms with Crippen molar-refractivity contribution < 1.29 is 19.0 Å². The number of hydrogen-bond acceptors (Lipinski definition) is 5. The number of benzene rings is 2. The Morgan fingerprint density at radius 3 is 2.67 bits per heavy atom. The van der Waals surface area contributed by atoms with Gasteiger partial charge in [0.2, 0.25) is 0 Å². The number of ether oxygens (including phenoxy) is 3. The summed E-state index contributed by atoms with van der Waals surface area (Å²) in [5.41, 5.74) is 1.71. The van der Waals surface area contributed by atoms with Crippen LogP contribution < -0.4 is 19.0 Å². The second-order valence-corrected chi connectivity index (χ2v) is 6.85. The Labute approximate surface area is 161 Å². The van der Waals surface area contributed by atoms with Gasteiger partial charge in [0.25, 0.3) is 5.91 Å². The van der Waals surface area contributed by atoms with Crippen molar-refractivity contribution in [1.29, 1.82) is 0 Å². The number of para-hydroxylation sites is 1. The van der Waals surface area contributed by atoms with E-state index >= 15 is 0 Å². The molecule has 1 heterocycles. The molecule has 0 unspecified atom stereocenters. The molecule has 3 rings (SSSR count).